The van der Waals surface area contributed by atoms with Gasteiger partial charge in [-0.25, -0.2) is 4.39 Å². The monoisotopic (exact) mass is 422 g/mol. The zero-order chi connectivity index (χ0) is 15.7. The number of para-hydroxylation sites is 1. The summed E-state index contributed by atoms with van der Waals surface area (Å²) in [7, 11) is 1.90. The van der Waals surface area contributed by atoms with E-state index in [9.17, 15) is 4.39 Å². The average molecular weight is 422 g/mol. The molecule has 0 unspecified atom stereocenters. The largest absolute Gasteiger partial charge is 0.372 e. The fraction of sp³-hybridized carbons (Fsp3) is 0.562. The Morgan fingerprint density at radius 2 is 2.00 bits per heavy atom. The minimum Gasteiger partial charge on any atom is -0.372 e. The lowest BCUT2D eigenvalue weighted by Gasteiger charge is -2.19. The van der Waals surface area contributed by atoms with Crippen molar-refractivity contribution in [3.63, 3.8) is 0 Å². The maximum Gasteiger partial charge on any atom is 0.191 e. The summed E-state index contributed by atoms with van der Waals surface area (Å²) in [4.78, 5) is 6.44. The molecule has 1 aromatic rings. The van der Waals surface area contributed by atoms with Gasteiger partial charge in [0.1, 0.15) is 5.82 Å². The van der Waals surface area contributed by atoms with Gasteiger partial charge in [0.25, 0.3) is 0 Å². The SMILES string of the molecule is CCNC(=NCCCN(C)c1ccccc1F)NC(C)C.I. The van der Waals surface area contributed by atoms with Gasteiger partial charge in [0, 0.05) is 32.7 Å². The molecule has 0 fully saturated rings. The van der Waals surface area contributed by atoms with E-state index in [1.165, 1.54) is 6.07 Å². The summed E-state index contributed by atoms with van der Waals surface area (Å²) >= 11 is 0. The third-order valence-corrected chi connectivity index (χ3v) is 2.95. The molecule has 2 N–H and O–H groups in total. The smallest absolute Gasteiger partial charge is 0.191 e. The lowest BCUT2D eigenvalue weighted by molar-refractivity contribution is 0.620. The van der Waals surface area contributed by atoms with Crippen molar-refractivity contribution in [1.82, 2.24) is 10.6 Å². The van der Waals surface area contributed by atoms with Crippen LogP contribution in [0.4, 0.5) is 10.1 Å². The second kappa shape index (κ2) is 11.5. The molecule has 1 aromatic carbocycles. The third-order valence-electron chi connectivity index (χ3n) is 2.95. The molecular weight excluding hydrogens is 394 g/mol. The summed E-state index contributed by atoms with van der Waals surface area (Å²) < 4.78 is 13.6. The highest BCUT2D eigenvalue weighted by Crippen LogP contribution is 2.16. The molecule has 4 nitrogen and oxygen atoms in total. The minimum absolute atomic E-state index is 0. The average Bonchev–Trinajstić information content (AvgIpc) is 2.43. The number of hydrogen-bond donors (Lipinski definition) is 2. The molecule has 126 valence electrons. The van der Waals surface area contributed by atoms with Gasteiger partial charge in [0.15, 0.2) is 5.96 Å². The topological polar surface area (TPSA) is 39.7 Å². The van der Waals surface area contributed by atoms with Crippen LogP contribution in [0.15, 0.2) is 29.3 Å². The lowest BCUT2D eigenvalue weighted by atomic mass is 10.2. The Morgan fingerprint density at radius 1 is 1.32 bits per heavy atom. The molecule has 0 aliphatic carbocycles. The zero-order valence-electron chi connectivity index (χ0n) is 13.9. The molecule has 1 rings (SSSR count). The fourth-order valence-electron chi connectivity index (χ4n) is 1.97. The summed E-state index contributed by atoms with van der Waals surface area (Å²) in [6, 6.07) is 7.19. The number of aliphatic imine (C=N–C) groups is 1. The lowest BCUT2D eigenvalue weighted by Crippen LogP contribution is -2.41. The number of halogens is 2. The highest BCUT2D eigenvalue weighted by molar-refractivity contribution is 14.0. The standard InChI is InChI=1S/C16H27FN4.HI/c1-5-18-16(20-13(2)3)19-11-8-12-21(4)15-10-7-6-9-14(15)17;/h6-7,9-10,13H,5,8,11-12H2,1-4H3,(H2,18,19,20);1H. The van der Waals surface area contributed by atoms with E-state index in [2.05, 4.69) is 29.5 Å². The summed E-state index contributed by atoms with van der Waals surface area (Å²) in [6.07, 6.45) is 0.875. The molecular formula is C16H28FIN4. The number of guanidine groups is 1. The van der Waals surface area contributed by atoms with Crippen LogP contribution in [0, 0.1) is 5.82 Å². The van der Waals surface area contributed by atoms with Gasteiger partial charge in [-0.05, 0) is 39.3 Å². The number of nitrogens with one attached hydrogen (secondary N) is 2. The first-order valence-corrected chi connectivity index (χ1v) is 7.55. The van der Waals surface area contributed by atoms with Gasteiger partial charge < -0.3 is 15.5 Å². The van der Waals surface area contributed by atoms with Crippen LogP contribution in [0.5, 0.6) is 0 Å². The first-order valence-electron chi connectivity index (χ1n) is 7.55. The van der Waals surface area contributed by atoms with Crippen LogP contribution in [0.2, 0.25) is 0 Å². The Hall–Kier alpha value is -1.05. The van der Waals surface area contributed by atoms with Crippen LogP contribution in [-0.4, -0.2) is 38.7 Å². The van der Waals surface area contributed by atoms with Crippen LogP contribution < -0.4 is 15.5 Å². The molecule has 6 heteroatoms. The molecule has 0 aliphatic heterocycles. The molecule has 0 heterocycles. The number of hydrogen-bond acceptors (Lipinski definition) is 2. The van der Waals surface area contributed by atoms with Gasteiger partial charge in [0.05, 0.1) is 5.69 Å². The van der Waals surface area contributed by atoms with Crippen LogP contribution in [0.1, 0.15) is 27.2 Å². The third kappa shape index (κ3) is 7.82. The predicted molar refractivity (Wildman–Crippen MR) is 104 cm³/mol. The summed E-state index contributed by atoms with van der Waals surface area (Å²) in [5.41, 5.74) is 0.633. The van der Waals surface area contributed by atoms with E-state index in [0.29, 0.717) is 18.3 Å². The van der Waals surface area contributed by atoms with Gasteiger partial charge in [-0.1, -0.05) is 12.1 Å². The fourth-order valence-corrected chi connectivity index (χ4v) is 1.97. The van der Waals surface area contributed by atoms with Crippen molar-refractivity contribution in [3.8, 4) is 0 Å². The zero-order valence-corrected chi connectivity index (χ0v) is 16.2. The van der Waals surface area contributed by atoms with Gasteiger partial charge in [-0.15, -0.1) is 24.0 Å². The van der Waals surface area contributed by atoms with Gasteiger partial charge in [0.2, 0.25) is 0 Å². The maximum atomic E-state index is 13.6. The van der Waals surface area contributed by atoms with E-state index in [4.69, 9.17) is 0 Å². The molecule has 0 saturated heterocycles. The second-order valence-electron chi connectivity index (χ2n) is 5.29. The molecule has 0 bridgehead atoms. The quantitative estimate of drug-likeness (QED) is 0.307. The van der Waals surface area contributed by atoms with E-state index < -0.39 is 0 Å². The van der Waals surface area contributed by atoms with E-state index in [1.54, 1.807) is 12.1 Å². The Kier molecular flexibility index (Phi) is 11.0. The minimum atomic E-state index is -0.182. The van der Waals surface area contributed by atoms with Crippen molar-refractivity contribution in [1.29, 1.82) is 0 Å². The number of benzene rings is 1. The first kappa shape index (κ1) is 20.9. The van der Waals surface area contributed by atoms with E-state index in [0.717, 1.165) is 25.5 Å². The summed E-state index contributed by atoms with van der Waals surface area (Å²) in [5.74, 6) is 0.652. The van der Waals surface area contributed by atoms with E-state index in [1.807, 2.05) is 24.9 Å². The molecule has 0 aliphatic rings. The summed E-state index contributed by atoms with van der Waals surface area (Å²) in [6.45, 7) is 8.53. The number of anilines is 1. The van der Waals surface area contributed by atoms with Crippen LogP contribution in [0.25, 0.3) is 0 Å². The van der Waals surface area contributed by atoms with Crippen molar-refractivity contribution in [2.75, 3.05) is 31.6 Å². The molecule has 0 radical (unpaired) electrons. The van der Waals surface area contributed by atoms with Crippen molar-refractivity contribution < 1.29 is 4.39 Å². The Bertz CT molecular complexity index is 452. The molecule has 0 spiro atoms. The molecule has 0 saturated carbocycles. The van der Waals surface area contributed by atoms with E-state index in [-0.39, 0.29) is 29.8 Å². The van der Waals surface area contributed by atoms with E-state index >= 15 is 0 Å². The van der Waals surface area contributed by atoms with Gasteiger partial charge in [-0.2, -0.15) is 0 Å². The van der Waals surface area contributed by atoms with Crippen molar-refractivity contribution in [2.45, 2.75) is 33.2 Å². The van der Waals surface area contributed by atoms with Gasteiger partial charge in [-0.3, -0.25) is 4.99 Å². The Balaban J connectivity index is 0.00000441. The molecule has 0 amide bonds. The van der Waals surface area contributed by atoms with Crippen molar-refractivity contribution in [2.24, 2.45) is 4.99 Å². The van der Waals surface area contributed by atoms with Crippen LogP contribution >= 0.6 is 24.0 Å². The molecule has 22 heavy (non-hydrogen) atoms. The van der Waals surface area contributed by atoms with Crippen molar-refractivity contribution >= 4 is 35.6 Å². The van der Waals surface area contributed by atoms with Crippen molar-refractivity contribution in [3.05, 3.63) is 30.1 Å². The number of rotatable bonds is 7. The van der Waals surface area contributed by atoms with Gasteiger partial charge >= 0.3 is 0 Å². The normalized spacial score (nSPS) is 11.1. The number of nitrogens with zero attached hydrogens (tertiary/aromatic N) is 2. The highest BCUT2D eigenvalue weighted by Gasteiger charge is 2.05. The Morgan fingerprint density at radius 3 is 2.59 bits per heavy atom. The molecule has 0 atom stereocenters. The van der Waals surface area contributed by atoms with Crippen LogP contribution in [-0.2, 0) is 0 Å². The molecule has 0 aromatic heterocycles. The van der Waals surface area contributed by atoms with Crippen LogP contribution in [0.3, 0.4) is 0 Å². The second-order valence-corrected chi connectivity index (χ2v) is 5.29. The maximum absolute atomic E-state index is 13.6. The first-order chi connectivity index (χ1) is 10.0. The highest BCUT2D eigenvalue weighted by atomic mass is 127. The Labute approximate surface area is 150 Å². The summed E-state index contributed by atoms with van der Waals surface area (Å²) in [5, 5.41) is 6.48. The predicted octanol–water partition coefficient (Wildman–Crippen LogP) is 3.23.